The van der Waals surface area contributed by atoms with Crippen molar-refractivity contribution in [2.24, 2.45) is 17.8 Å². The molecule has 0 spiro atoms. The zero-order valence-electron chi connectivity index (χ0n) is 9.74. The number of carbonyl (C=O) groups is 1. The first-order chi connectivity index (χ1) is 6.28. The van der Waals surface area contributed by atoms with Crippen LogP contribution in [0.15, 0.2) is 0 Å². The van der Waals surface area contributed by atoms with E-state index in [1.807, 2.05) is 20.8 Å². The van der Waals surface area contributed by atoms with Gasteiger partial charge in [0.1, 0.15) is 0 Å². The monoisotopic (exact) mass is 202 g/mol. The highest BCUT2D eigenvalue weighted by atomic mass is 16.4. The van der Waals surface area contributed by atoms with Crippen molar-refractivity contribution < 1.29 is 15.0 Å². The van der Waals surface area contributed by atoms with Crippen LogP contribution in [-0.2, 0) is 4.79 Å². The number of carboxylic acid groups (broad SMARTS) is 1. The van der Waals surface area contributed by atoms with Gasteiger partial charge in [-0.3, -0.25) is 0 Å². The van der Waals surface area contributed by atoms with Crippen LogP contribution in [-0.4, -0.2) is 21.8 Å². The Balaban J connectivity index is 5.07. The second-order valence-corrected chi connectivity index (χ2v) is 4.54. The van der Waals surface area contributed by atoms with E-state index in [4.69, 9.17) is 5.11 Å². The van der Waals surface area contributed by atoms with Crippen LogP contribution < -0.4 is 0 Å². The van der Waals surface area contributed by atoms with Gasteiger partial charge in [-0.1, -0.05) is 34.6 Å². The van der Waals surface area contributed by atoms with Gasteiger partial charge in [-0.15, -0.1) is 0 Å². The number of rotatable bonds is 5. The standard InChI is InChI=1S/C11H22O3/c1-6-9(7(2)3)11(14,8(4)5)10(12)13/h7-9,14H,6H2,1-5H3,(H,12,13). The van der Waals surface area contributed by atoms with E-state index in [9.17, 15) is 9.90 Å². The molecule has 0 saturated carbocycles. The number of hydrogen-bond donors (Lipinski definition) is 2. The average molecular weight is 202 g/mol. The fourth-order valence-corrected chi connectivity index (χ4v) is 2.12. The highest BCUT2D eigenvalue weighted by Crippen LogP contribution is 2.34. The van der Waals surface area contributed by atoms with Gasteiger partial charge in [-0.25, -0.2) is 4.79 Å². The van der Waals surface area contributed by atoms with Crippen molar-refractivity contribution in [3.8, 4) is 0 Å². The van der Waals surface area contributed by atoms with Crippen LogP contribution in [0.25, 0.3) is 0 Å². The fraction of sp³-hybridized carbons (Fsp3) is 0.909. The number of carboxylic acids is 1. The molecule has 2 N–H and O–H groups in total. The summed E-state index contributed by atoms with van der Waals surface area (Å²) < 4.78 is 0. The normalized spacial score (nSPS) is 18.3. The van der Waals surface area contributed by atoms with Gasteiger partial charge in [0.05, 0.1) is 0 Å². The van der Waals surface area contributed by atoms with E-state index in [2.05, 4.69) is 0 Å². The molecular weight excluding hydrogens is 180 g/mol. The molecule has 0 bridgehead atoms. The topological polar surface area (TPSA) is 57.5 Å². The van der Waals surface area contributed by atoms with Crippen LogP contribution >= 0.6 is 0 Å². The molecule has 2 unspecified atom stereocenters. The van der Waals surface area contributed by atoms with Gasteiger partial charge in [0.2, 0.25) is 0 Å². The summed E-state index contributed by atoms with van der Waals surface area (Å²) in [5.41, 5.74) is -1.59. The van der Waals surface area contributed by atoms with Crippen LogP contribution in [0.4, 0.5) is 0 Å². The highest BCUT2D eigenvalue weighted by Gasteiger charge is 2.46. The van der Waals surface area contributed by atoms with Crippen LogP contribution in [0.1, 0.15) is 41.0 Å². The Hall–Kier alpha value is -0.570. The van der Waals surface area contributed by atoms with E-state index in [0.29, 0.717) is 6.42 Å². The Morgan fingerprint density at radius 1 is 1.29 bits per heavy atom. The highest BCUT2D eigenvalue weighted by molar-refractivity contribution is 5.78. The molecule has 0 aliphatic rings. The quantitative estimate of drug-likeness (QED) is 0.718. The Morgan fingerprint density at radius 3 is 1.79 bits per heavy atom. The molecule has 0 heterocycles. The molecule has 0 aromatic carbocycles. The molecule has 0 aliphatic carbocycles. The lowest BCUT2D eigenvalue weighted by atomic mass is 9.72. The van der Waals surface area contributed by atoms with Crippen molar-refractivity contribution >= 4 is 5.97 Å². The van der Waals surface area contributed by atoms with Gasteiger partial charge in [0.15, 0.2) is 5.60 Å². The lowest BCUT2D eigenvalue weighted by Crippen LogP contribution is -2.51. The molecule has 0 amide bonds. The van der Waals surface area contributed by atoms with Gasteiger partial charge in [0, 0.05) is 5.92 Å². The van der Waals surface area contributed by atoms with E-state index in [1.165, 1.54) is 0 Å². The van der Waals surface area contributed by atoms with E-state index in [-0.39, 0.29) is 17.8 Å². The van der Waals surface area contributed by atoms with Gasteiger partial charge in [0.25, 0.3) is 0 Å². The predicted octanol–water partition coefficient (Wildman–Crippen LogP) is 2.14. The maximum atomic E-state index is 11.1. The molecule has 84 valence electrons. The molecule has 2 atom stereocenters. The van der Waals surface area contributed by atoms with Crippen molar-refractivity contribution in [2.75, 3.05) is 0 Å². The molecule has 3 heteroatoms. The van der Waals surface area contributed by atoms with E-state index in [0.717, 1.165) is 0 Å². The summed E-state index contributed by atoms with van der Waals surface area (Å²) >= 11 is 0. The summed E-state index contributed by atoms with van der Waals surface area (Å²) in [6, 6.07) is 0. The van der Waals surface area contributed by atoms with Crippen molar-refractivity contribution in [2.45, 2.75) is 46.6 Å². The van der Waals surface area contributed by atoms with E-state index >= 15 is 0 Å². The summed E-state index contributed by atoms with van der Waals surface area (Å²) in [6.07, 6.45) is 0.679. The molecule has 0 fully saturated rings. The maximum Gasteiger partial charge on any atom is 0.336 e. The lowest BCUT2D eigenvalue weighted by molar-refractivity contribution is -0.174. The van der Waals surface area contributed by atoms with Crippen molar-refractivity contribution in [3.05, 3.63) is 0 Å². The Morgan fingerprint density at radius 2 is 1.71 bits per heavy atom. The van der Waals surface area contributed by atoms with Crippen molar-refractivity contribution in [3.63, 3.8) is 0 Å². The molecule has 0 aromatic heterocycles. The Bertz CT molecular complexity index is 199. The molecule has 0 aromatic rings. The first kappa shape index (κ1) is 13.4. The maximum absolute atomic E-state index is 11.1. The zero-order valence-corrected chi connectivity index (χ0v) is 9.74. The van der Waals surface area contributed by atoms with Gasteiger partial charge in [-0.05, 0) is 18.3 Å². The minimum absolute atomic E-state index is 0.170. The second-order valence-electron chi connectivity index (χ2n) is 4.54. The average Bonchev–Trinajstić information content (AvgIpc) is 2.03. The summed E-state index contributed by atoms with van der Waals surface area (Å²) in [4.78, 5) is 11.1. The molecular formula is C11H22O3. The van der Waals surface area contributed by atoms with Crippen LogP contribution in [0.3, 0.4) is 0 Å². The number of hydrogen-bond acceptors (Lipinski definition) is 2. The van der Waals surface area contributed by atoms with Gasteiger partial charge >= 0.3 is 5.97 Å². The molecule has 3 nitrogen and oxygen atoms in total. The van der Waals surface area contributed by atoms with Gasteiger partial charge < -0.3 is 10.2 Å². The Labute approximate surface area is 86.1 Å². The van der Waals surface area contributed by atoms with Crippen molar-refractivity contribution in [1.29, 1.82) is 0 Å². The minimum Gasteiger partial charge on any atom is -0.479 e. The first-order valence-electron chi connectivity index (χ1n) is 5.24. The second kappa shape index (κ2) is 4.78. The first-order valence-corrected chi connectivity index (χ1v) is 5.24. The predicted molar refractivity (Wildman–Crippen MR) is 56.0 cm³/mol. The van der Waals surface area contributed by atoms with Crippen molar-refractivity contribution in [1.82, 2.24) is 0 Å². The number of aliphatic hydroxyl groups is 1. The summed E-state index contributed by atoms with van der Waals surface area (Å²) in [5, 5.41) is 19.3. The van der Waals surface area contributed by atoms with E-state index < -0.39 is 11.6 Å². The van der Waals surface area contributed by atoms with E-state index in [1.54, 1.807) is 13.8 Å². The minimum atomic E-state index is -1.59. The SMILES string of the molecule is CCC(C(C)C)C(O)(C(=O)O)C(C)C. The fourth-order valence-electron chi connectivity index (χ4n) is 2.12. The summed E-state index contributed by atoms with van der Waals surface area (Å²) in [6.45, 7) is 9.31. The Kier molecular flexibility index (Phi) is 4.59. The lowest BCUT2D eigenvalue weighted by Gasteiger charge is -2.37. The van der Waals surface area contributed by atoms with Crippen LogP contribution in [0, 0.1) is 17.8 Å². The molecule has 0 radical (unpaired) electrons. The molecule has 0 aliphatic heterocycles. The zero-order chi connectivity index (χ0) is 11.5. The van der Waals surface area contributed by atoms with Gasteiger partial charge in [-0.2, -0.15) is 0 Å². The van der Waals surface area contributed by atoms with Crippen LogP contribution in [0.5, 0.6) is 0 Å². The molecule has 0 saturated heterocycles. The largest absolute Gasteiger partial charge is 0.479 e. The number of aliphatic carboxylic acids is 1. The third-order valence-electron chi connectivity index (χ3n) is 3.03. The summed E-state index contributed by atoms with van der Waals surface area (Å²) in [5.74, 6) is -1.40. The smallest absolute Gasteiger partial charge is 0.336 e. The third kappa shape index (κ3) is 2.27. The molecule has 14 heavy (non-hydrogen) atoms. The van der Waals surface area contributed by atoms with Crippen LogP contribution in [0.2, 0.25) is 0 Å². The summed E-state index contributed by atoms with van der Waals surface area (Å²) in [7, 11) is 0. The third-order valence-corrected chi connectivity index (χ3v) is 3.03. The molecule has 0 rings (SSSR count).